The van der Waals surface area contributed by atoms with E-state index in [1.165, 1.54) is 28.0 Å². The van der Waals surface area contributed by atoms with Gasteiger partial charge in [-0.3, -0.25) is 14.5 Å². The average Bonchev–Trinajstić information content (AvgIpc) is 3.45. The van der Waals surface area contributed by atoms with Gasteiger partial charge in [0.05, 0.1) is 17.7 Å². The molecule has 0 aromatic heterocycles. The number of nitrogens with one attached hydrogen (secondary N) is 1. The highest BCUT2D eigenvalue weighted by Gasteiger charge is 2.44. The summed E-state index contributed by atoms with van der Waals surface area (Å²) in [6, 6.07) is 4.30. The van der Waals surface area contributed by atoms with E-state index in [0.29, 0.717) is 32.3 Å². The van der Waals surface area contributed by atoms with Gasteiger partial charge in [0.15, 0.2) is 0 Å². The summed E-state index contributed by atoms with van der Waals surface area (Å²) in [6.45, 7) is 11.4. The van der Waals surface area contributed by atoms with Gasteiger partial charge in [0.2, 0.25) is 12.3 Å². The van der Waals surface area contributed by atoms with Crippen molar-refractivity contribution >= 4 is 18.4 Å². The molecule has 1 aromatic carbocycles. The van der Waals surface area contributed by atoms with Gasteiger partial charge in [0, 0.05) is 31.7 Å². The molecule has 0 saturated carbocycles. The summed E-state index contributed by atoms with van der Waals surface area (Å²) >= 11 is 0. The Bertz CT molecular complexity index is 1150. The van der Waals surface area contributed by atoms with E-state index in [-0.39, 0.29) is 24.1 Å². The standard InChI is InChI=1S/C29H40F3N5O4/c1-18-13-22(14-33)37(19(18)2)26(39)25(34-27(40)41-28(4,5)6)16-35-12-11-21(15-35)36(17-38)20(3)23-9-7-8-10-24(23)29(30,31)32/h7-10,17-22,25H,11-13,15-16H2,1-6H3,(H,34,40)/t18?,19?,20-,21?,22?,25?/m0/s1. The molecule has 0 bridgehead atoms. The van der Waals surface area contributed by atoms with E-state index in [1.54, 1.807) is 27.7 Å². The van der Waals surface area contributed by atoms with E-state index >= 15 is 0 Å². The van der Waals surface area contributed by atoms with Crippen LogP contribution in [-0.4, -0.2) is 82.5 Å². The Kier molecular flexibility index (Phi) is 9.95. The number of nitriles is 1. The summed E-state index contributed by atoms with van der Waals surface area (Å²) in [6.07, 6.45) is -3.76. The van der Waals surface area contributed by atoms with Crippen LogP contribution in [0.2, 0.25) is 0 Å². The minimum atomic E-state index is -4.56. The first-order chi connectivity index (χ1) is 19.1. The predicted molar refractivity (Wildman–Crippen MR) is 145 cm³/mol. The lowest BCUT2D eigenvalue weighted by Crippen LogP contribution is -2.56. The van der Waals surface area contributed by atoms with Gasteiger partial charge in [-0.2, -0.15) is 18.4 Å². The van der Waals surface area contributed by atoms with Gasteiger partial charge in [0.1, 0.15) is 17.7 Å². The minimum Gasteiger partial charge on any atom is -0.444 e. The Balaban J connectivity index is 1.79. The quantitative estimate of drug-likeness (QED) is 0.460. The number of carbonyl (C=O) groups is 3. The molecule has 6 atom stereocenters. The summed E-state index contributed by atoms with van der Waals surface area (Å²) in [4.78, 5) is 43.4. The Hall–Kier alpha value is -3.33. The Morgan fingerprint density at radius 2 is 1.90 bits per heavy atom. The molecule has 3 amide bonds. The highest BCUT2D eigenvalue weighted by atomic mass is 19.4. The molecule has 1 N–H and O–H groups in total. The third kappa shape index (κ3) is 7.70. The number of benzene rings is 1. The molecule has 1 aromatic rings. The van der Waals surface area contributed by atoms with E-state index in [1.807, 2.05) is 18.7 Å². The summed E-state index contributed by atoms with van der Waals surface area (Å²) in [5.74, 6) is -0.299. The third-order valence-corrected chi connectivity index (χ3v) is 7.98. The minimum absolute atomic E-state index is 0.00452. The van der Waals surface area contributed by atoms with Gasteiger partial charge in [-0.15, -0.1) is 0 Å². The molecular weight excluding hydrogens is 539 g/mol. The van der Waals surface area contributed by atoms with E-state index in [2.05, 4.69) is 11.4 Å². The second-order valence-corrected chi connectivity index (χ2v) is 12.1. The molecule has 5 unspecified atom stereocenters. The molecule has 226 valence electrons. The van der Waals surface area contributed by atoms with Crippen LogP contribution in [0.15, 0.2) is 24.3 Å². The molecule has 12 heteroatoms. The highest BCUT2D eigenvalue weighted by molar-refractivity contribution is 5.87. The molecule has 9 nitrogen and oxygen atoms in total. The average molecular weight is 580 g/mol. The Morgan fingerprint density at radius 1 is 1.24 bits per heavy atom. The van der Waals surface area contributed by atoms with Crippen LogP contribution in [-0.2, 0) is 20.5 Å². The molecule has 0 aliphatic carbocycles. The lowest BCUT2D eigenvalue weighted by atomic mass is 9.98. The first kappa shape index (κ1) is 32.2. The number of carbonyl (C=O) groups excluding carboxylic acids is 3. The van der Waals surface area contributed by atoms with E-state index in [4.69, 9.17) is 4.74 Å². The largest absolute Gasteiger partial charge is 0.444 e. The lowest BCUT2D eigenvalue weighted by Gasteiger charge is -2.34. The van der Waals surface area contributed by atoms with Crippen molar-refractivity contribution in [2.24, 2.45) is 5.92 Å². The second-order valence-electron chi connectivity index (χ2n) is 12.1. The molecule has 41 heavy (non-hydrogen) atoms. The smallest absolute Gasteiger partial charge is 0.416 e. The number of rotatable bonds is 8. The zero-order valence-electron chi connectivity index (χ0n) is 24.4. The van der Waals surface area contributed by atoms with Crippen molar-refractivity contribution in [1.82, 2.24) is 20.0 Å². The van der Waals surface area contributed by atoms with Crippen LogP contribution in [0.4, 0.5) is 18.0 Å². The van der Waals surface area contributed by atoms with E-state index in [9.17, 15) is 32.8 Å². The molecular formula is C29H40F3N5O4. The fourth-order valence-electron chi connectivity index (χ4n) is 5.76. The van der Waals surface area contributed by atoms with Crippen molar-refractivity contribution < 1.29 is 32.3 Å². The van der Waals surface area contributed by atoms with Crippen LogP contribution in [0.5, 0.6) is 0 Å². The number of amides is 3. The van der Waals surface area contributed by atoms with E-state index < -0.39 is 53.5 Å². The van der Waals surface area contributed by atoms with Crippen LogP contribution in [0, 0.1) is 17.2 Å². The van der Waals surface area contributed by atoms with Gasteiger partial charge in [0.25, 0.3) is 0 Å². The number of likely N-dealkylation sites (tertiary alicyclic amines) is 2. The van der Waals surface area contributed by atoms with Crippen LogP contribution < -0.4 is 5.32 Å². The normalized spacial score (nSPS) is 24.8. The molecule has 2 aliphatic heterocycles. The summed E-state index contributed by atoms with van der Waals surface area (Å²) in [5, 5.41) is 12.4. The molecule has 0 spiro atoms. The van der Waals surface area contributed by atoms with Crippen molar-refractivity contribution in [2.75, 3.05) is 19.6 Å². The maximum Gasteiger partial charge on any atom is 0.416 e. The van der Waals surface area contributed by atoms with Gasteiger partial charge in [-0.25, -0.2) is 4.79 Å². The fourth-order valence-corrected chi connectivity index (χ4v) is 5.76. The Labute approximate surface area is 239 Å². The van der Waals surface area contributed by atoms with E-state index in [0.717, 1.165) is 6.07 Å². The first-order valence-electron chi connectivity index (χ1n) is 13.9. The van der Waals surface area contributed by atoms with Crippen molar-refractivity contribution in [3.63, 3.8) is 0 Å². The third-order valence-electron chi connectivity index (χ3n) is 7.98. The van der Waals surface area contributed by atoms with Crippen molar-refractivity contribution in [1.29, 1.82) is 5.26 Å². The Morgan fingerprint density at radius 3 is 2.49 bits per heavy atom. The van der Waals surface area contributed by atoms with Crippen LogP contribution in [0.3, 0.4) is 0 Å². The maximum absolute atomic E-state index is 13.8. The number of alkyl carbamates (subject to hydrolysis) is 1. The van der Waals surface area contributed by atoms with Crippen molar-refractivity contribution in [3.8, 4) is 6.07 Å². The number of ether oxygens (including phenoxy) is 1. The number of hydrogen-bond donors (Lipinski definition) is 1. The fraction of sp³-hybridized carbons (Fsp3) is 0.655. The number of hydrogen-bond acceptors (Lipinski definition) is 6. The predicted octanol–water partition coefficient (Wildman–Crippen LogP) is 4.34. The monoisotopic (exact) mass is 579 g/mol. The molecule has 2 aliphatic rings. The van der Waals surface area contributed by atoms with Gasteiger partial charge in [-0.1, -0.05) is 25.1 Å². The SMILES string of the molecule is CC1CC(C#N)N(C(=O)C(CN2CCC(N(C=O)[C@@H](C)c3ccccc3C(F)(F)F)C2)NC(=O)OC(C)(C)C)C1C. The zero-order chi connectivity index (χ0) is 30.7. The first-order valence-corrected chi connectivity index (χ1v) is 13.9. The molecule has 3 rings (SSSR count). The van der Waals surface area contributed by atoms with Crippen molar-refractivity contribution in [2.45, 2.75) is 96.4 Å². The molecule has 2 fully saturated rings. The molecule has 2 heterocycles. The summed E-state index contributed by atoms with van der Waals surface area (Å²) < 4.78 is 46.4. The number of halogens is 3. The summed E-state index contributed by atoms with van der Waals surface area (Å²) in [5.41, 5.74) is -1.58. The zero-order valence-corrected chi connectivity index (χ0v) is 24.4. The second kappa shape index (κ2) is 12.7. The van der Waals surface area contributed by atoms with Gasteiger partial charge >= 0.3 is 12.3 Å². The maximum atomic E-state index is 13.8. The van der Waals surface area contributed by atoms with Crippen LogP contribution in [0.25, 0.3) is 0 Å². The number of alkyl halides is 3. The lowest BCUT2D eigenvalue weighted by molar-refractivity contribution is -0.139. The van der Waals surface area contributed by atoms with Crippen LogP contribution in [0.1, 0.15) is 71.6 Å². The molecule has 0 radical (unpaired) electrons. The van der Waals surface area contributed by atoms with Gasteiger partial charge < -0.3 is 19.9 Å². The number of nitrogens with zero attached hydrogens (tertiary/aromatic N) is 4. The van der Waals surface area contributed by atoms with Crippen molar-refractivity contribution in [3.05, 3.63) is 35.4 Å². The van der Waals surface area contributed by atoms with Crippen LogP contribution >= 0.6 is 0 Å². The van der Waals surface area contributed by atoms with Gasteiger partial charge in [-0.05, 0) is 65.0 Å². The summed E-state index contributed by atoms with van der Waals surface area (Å²) in [7, 11) is 0. The topological polar surface area (TPSA) is 106 Å². The highest BCUT2D eigenvalue weighted by Crippen LogP contribution is 2.37. The molecule has 2 saturated heterocycles.